The van der Waals surface area contributed by atoms with Crippen LogP contribution in [0.4, 0.5) is 18.9 Å². The number of hydrogen-bond acceptors (Lipinski definition) is 3. The van der Waals surface area contributed by atoms with Gasteiger partial charge in [0.05, 0.1) is 5.69 Å². The zero-order chi connectivity index (χ0) is 14.8. The summed E-state index contributed by atoms with van der Waals surface area (Å²) in [5, 5.41) is 0. The first-order valence-electron chi connectivity index (χ1n) is 6.59. The monoisotopic (exact) mass is 289 g/mol. The van der Waals surface area contributed by atoms with Crippen LogP contribution in [0.3, 0.4) is 0 Å². The van der Waals surface area contributed by atoms with Crippen molar-refractivity contribution in [2.75, 3.05) is 18.9 Å². The van der Waals surface area contributed by atoms with E-state index in [0.717, 1.165) is 25.3 Å². The Morgan fingerprint density at radius 1 is 1.30 bits per heavy atom. The molecule has 3 nitrogen and oxygen atoms in total. The maximum Gasteiger partial charge on any atom is 0.425 e. The smallest absolute Gasteiger partial charge is 0.425 e. The average molecular weight is 289 g/mol. The molecule has 2 rings (SSSR count). The molecule has 0 spiro atoms. The highest BCUT2D eigenvalue weighted by Gasteiger charge is 2.39. The van der Waals surface area contributed by atoms with Gasteiger partial charge in [-0.2, -0.15) is 13.2 Å². The number of benzene rings is 1. The van der Waals surface area contributed by atoms with E-state index < -0.39 is 12.3 Å². The van der Waals surface area contributed by atoms with Crippen molar-refractivity contribution >= 4 is 5.69 Å². The van der Waals surface area contributed by atoms with Gasteiger partial charge in [-0.1, -0.05) is 12.1 Å². The highest BCUT2D eigenvalue weighted by Crippen LogP contribution is 2.39. The summed E-state index contributed by atoms with van der Waals surface area (Å²) in [5.41, 5.74) is 6.78. The Morgan fingerprint density at radius 2 is 1.95 bits per heavy atom. The van der Waals surface area contributed by atoms with Crippen molar-refractivity contribution in [1.82, 2.24) is 0 Å². The fourth-order valence-corrected chi connectivity index (χ4v) is 2.28. The molecule has 1 unspecified atom stereocenters. The van der Waals surface area contributed by atoms with E-state index in [0.29, 0.717) is 13.2 Å². The summed E-state index contributed by atoms with van der Waals surface area (Å²) in [6, 6.07) is 5.08. The Kier molecular flexibility index (Phi) is 4.42. The van der Waals surface area contributed by atoms with E-state index >= 15 is 0 Å². The van der Waals surface area contributed by atoms with Crippen molar-refractivity contribution in [3.63, 3.8) is 0 Å². The van der Waals surface area contributed by atoms with Crippen LogP contribution in [-0.2, 0) is 4.74 Å². The molecule has 0 saturated carbocycles. The lowest BCUT2D eigenvalue weighted by molar-refractivity contribution is -0.189. The summed E-state index contributed by atoms with van der Waals surface area (Å²) >= 11 is 0. The first-order valence-corrected chi connectivity index (χ1v) is 6.59. The maximum atomic E-state index is 12.7. The van der Waals surface area contributed by atoms with Crippen LogP contribution < -0.4 is 10.5 Å². The number of nitrogens with two attached hydrogens (primary N) is 1. The minimum absolute atomic E-state index is 0.127. The lowest BCUT2D eigenvalue weighted by Gasteiger charge is -2.27. The van der Waals surface area contributed by atoms with Gasteiger partial charge in [-0.25, -0.2) is 0 Å². The van der Waals surface area contributed by atoms with Crippen LogP contribution in [0.25, 0.3) is 0 Å². The van der Waals surface area contributed by atoms with Gasteiger partial charge in [0.25, 0.3) is 0 Å². The van der Waals surface area contributed by atoms with E-state index in [1.807, 2.05) is 0 Å². The highest BCUT2D eigenvalue weighted by molar-refractivity contribution is 5.58. The molecule has 1 aliphatic heterocycles. The molecular formula is C14H18F3NO2. The van der Waals surface area contributed by atoms with Crippen molar-refractivity contribution in [2.24, 2.45) is 0 Å². The molecular weight excluding hydrogens is 271 g/mol. The zero-order valence-corrected chi connectivity index (χ0v) is 11.2. The molecule has 1 heterocycles. The van der Waals surface area contributed by atoms with E-state index in [2.05, 4.69) is 0 Å². The predicted molar refractivity (Wildman–Crippen MR) is 69.8 cm³/mol. The van der Waals surface area contributed by atoms with E-state index in [1.165, 1.54) is 0 Å². The zero-order valence-electron chi connectivity index (χ0n) is 11.2. The fraction of sp³-hybridized carbons (Fsp3) is 0.571. The molecule has 0 radical (unpaired) electrons. The first-order chi connectivity index (χ1) is 9.39. The van der Waals surface area contributed by atoms with Gasteiger partial charge in [0.1, 0.15) is 5.75 Å². The second-order valence-corrected chi connectivity index (χ2v) is 4.95. The molecule has 1 aliphatic rings. The van der Waals surface area contributed by atoms with Gasteiger partial charge in [-0.05, 0) is 37.3 Å². The number of halogens is 3. The number of ether oxygens (including phenoxy) is 2. The predicted octanol–water partition coefficient (Wildman–Crippen LogP) is 3.49. The van der Waals surface area contributed by atoms with Crippen LogP contribution in [0.15, 0.2) is 18.2 Å². The number of alkyl halides is 3. The van der Waals surface area contributed by atoms with Gasteiger partial charge in [0.15, 0.2) is 6.10 Å². The Labute approximate surface area is 115 Å². The average Bonchev–Trinajstić information content (AvgIpc) is 2.41. The van der Waals surface area contributed by atoms with E-state index in [9.17, 15) is 13.2 Å². The molecule has 0 aliphatic carbocycles. The largest absolute Gasteiger partial charge is 0.479 e. The van der Waals surface area contributed by atoms with Gasteiger partial charge < -0.3 is 15.2 Å². The van der Waals surface area contributed by atoms with Gasteiger partial charge in [-0.15, -0.1) is 0 Å². The number of rotatable bonds is 3. The normalized spacial score (nSPS) is 18.8. The van der Waals surface area contributed by atoms with Gasteiger partial charge in [0.2, 0.25) is 0 Å². The second kappa shape index (κ2) is 5.91. The molecule has 0 amide bonds. The van der Waals surface area contributed by atoms with Crippen LogP contribution >= 0.6 is 0 Å². The van der Waals surface area contributed by atoms with Crippen molar-refractivity contribution in [3.05, 3.63) is 23.8 Å². The second-order valence-electron chi connectivity index (χ2n) is 4.95. The SMILES string of the molecule is CC(Oc1c(N)cccc1C1CCOCC1)C(F)(F)F. The third kappa shape index (κ3) is 3.36. The summed E-state index contributed by atoms with van der Waals surface area (Å²) in [7, 11) is 0. The number of hydrogen-bond donors (Lipinski definition) is 1. The minimum atomic E-state index is -4.41. The summed E-state index contributed by atoms with van der Waals surface area (Å²) in [6.07, 6.45) is -4.76. The summed E-state index contributed by atoms with van der Waals surface area (Å²) in [4.78, 5) is 0. The molecule has 1 aromatic rings. The molecule has 0 bridgehead atoms. The van der Waals surface area contributed by atoms with E-state index in [-0.39, 0.29) is 17.4 Å². The molecule has 1 aromatic carbocycles. The van der Waals surface area contributed by atoms with Crippen LogP contribution in [0.1, 0.15) is 31.2 Å². The minimum Gasteiger partial charge on any atom is -0.479 e. The van der Waals surface area contributed by atoms with Crippen LogP contribution in [-0.4, -0.2) is 25.5 Å². The molecule has 1 atom stereocenters. The van der Waals surface area contributed by atoms with Crippen LogP contribution in [0.2, 0.25) is 0 Å². The van der Waals surface area contributed by atoms with Gasteiger partial charge >= 0.3 is 6.18 Å². The van der Waals surface area contributed by atoms with Crippen molar-refractivity contribution in [1.29, 1.82) is 0 Å². The lowest BCUT2D eigenvalue weighted by Crippen LogP contribution is -2.32. The summed E-state index contributed by atoms with van der Waals surface area (Å²) in [6.45, 7) is 2.20. The van der Waals surface area contributed by atoms with Crippen LogP contribution in [0.5, 0.6) is 5.75 Å². The molecule has 2 N–H and O–H groups in total. The van der Waals surface area contributed by atoms with Crippen molar-refractivity contribution in [3.8, 4) is 5.75 Å². The fourth-order valence-electron chi connectivity index (χ4n) is 2.28. The standard InChI is InChI=1S/C14H18F3NO2/c1-9(14(15,16)17)20-13-11(3-2-4-12(13)18)10-5-7-19-8-6-10/h2-4,9-10H,5-8,18H2,1H3. The van der Waals surface area contributed by atoms with E-state index in [1.54, 1.807) is 18.2 Å². The topological polar surface area (TPSA) is 44.5 Å². The third-order valence-corrected chi connectivity index (χ3v) is 3.49. The molecule has 1 saturated heterocycles. The van der Waals surface area contributed by atoms with Crippen molar-refractivity contribution < 1.29 is 22.6 Å². The Bertz CT molecular complexity index is 456. The molecule has 1 fully saturated rings. The van der Waals surface area contributed by atoms with Gasteiger partial charge in [0, 0.05) is 13.2 Å². The number of nitrogen functional groups attached to an aromatic ring is 1. The Hall–Kier alpha value is -1.43. The van der Waals surface area contributed by atoms with Gasteiger partial charge in [-0.3, -0.25) is 0 Å². The first kappa shape index (κ1) is 15.0. The summed E-state index contributed by atoms with van der Waals surface area (Å²) in [5.74, 6) is 0.284. The molecule has 6 heteroatoms. The van der Waals surface area contributed by atoms with Crippen molar-refractivity contribution in [2.45, 2.75) is 38.0 Å². The maximum absolute atomic E-state index is 12.7. The third-order valence-electron chi connectivity index (χ3n) is 3.49. The highest BCUT2D eigenvalue weighted by atomic mass is 19.4. The Balaban J connectivity index is 2.26. The van der Waals surface area contributed by atoms with Crippen LogP contribution in [0, 0.1) is 0 Å². The number of anilines is 1. The summed E-state index contributed by atoms with van der Waals surface area (Å²) < 4.78 is 48.3. The molecule has 20 heavy (non-hydrogen) atoms. The quantitative estimate of drug-likeness (QED) is 0.866. The Morgan fingerprint density at radius 3 is 2.55 bits per heavy atom. The molecule has 0 aromatic heterocycles. The lowest BCUT2D eigenvalue weighted by atomic mass is 9.90. The number of para-hydroxylation sites is 1. The van der Waals surface area contributed by atoms with E-state index in [4.69, 9.17) is 15.2 Å². The molecule has 112 valence electrons.